The van der Waals surface area contributed by atoms with E-state index >= 15 is 0 Å². The van der Waals surface area contributed by atoms with Crippen LogP contribution in [0.4, 0.5) is 11.8 Å². The van der Waals surface area contributed by atoms with Crippen molar-refractivity contribution in [1.82, 2.24) is 20.2 Å². The Balaban J connectivity index is 2.52. The van der Waals surface area contributed by atoms with Crippen LogP contribution in [0.5, 0.6) is 0 Å². The summed E-state index contributed by atoms with van der Waals surface area (Å²) in [7, 11) is 1.98. The highest BCUT2D eigenvalue weighted by atomic mass is 15.2. The van der Waals surface area contributed by atoms with Crippen molar-refractivity contribution in [2.45, 2.75) is 13.3 Å². The van der Waals surface area contributed by atoms with E-state index in [0.29, 0.717) is 5.65 Å². The van der Waals surface area contributed by atoms with Gasteiger partial charge in [0.25, 0.3) is 0 Å². The van der Waals surface area contributed by atoms with Crippen molar-refractivity contribution in [3.05, 3.63) is 6.20 Å². The van der Waals surface area contributed by atoms with E-state index in [1.807, 2.05) is 7.05 Å². The Morgan fingerprint density at radius 2 is 2.27 bits per heavy atom. The number of rotatable bonds is 3. The summed E-state index contributed by atoms with van der Waals surface area (Å²) in [6.07, 6.45) is 2.77. The van der Waals surface area contributed by atoms with Gasteiger partial charge in [0.05, 0.1) is 11.6 Å². The Bertz CT molecular complexity index is 463. The maximum Gasteiger partial charge on any atom is 0.224 e. The molecule has 0 amide bonds. The van der Waals surface area contributed by atoms with E-state index in [2.05, 4.69) is 32.0 Å². The van der Waals surface area contributed by atoms with Gasteiger partial charge < -0.3 is 10.6 Å². The molecular weight excluding hydrogens is 192 g/mol. The Kier molecular flexibility index (Phi) is 2.40. The highest BCUT2D eigenvalue weighted by molar-refractivity contribution is 5.87. The lowest BCUT2D eigenvalue weighted by Crippen LogP contribution is -2.20. The third-order valence-corrected chi connectivity index (χ3v) is 2.23. The number of aromatic amines is 1. The largest absolute Gasteiger partial charge is 0.368 e. The molecule has 80 valence electrons. The van der Waals surface area contributed by atoms with Gasteiger partial charge in [-0.05, 0) is 6.42 Å². The zero-order chi connectivity index (χ0) is 10.8. The number of hydrogen-bond acceptors (Lipinski definition) is 5. The van der Waals surface area contributed by atoms with Crippen molar-refractivity contribution in [1.29, 1.82) is 0 Å². The van der Waals surface area contributed by atoms with Crippen LogP contribution >= 0.6 is 0 Å². The van der Waals surface area contributed by atoms with Crippen molar-refractivity contribution in [2.75, 3.05) is 24.2 Å². The van der Waals surface area contributed by atoms with Crippen LogP contribution in [0.2, 0.25) is 0 Å². The Morgan fingerprint density at radius 1 is 1.47 bits per heavy atom. The van der Waals surface area contributed by atoms with Gasteiger partial charge in [-0.25, -0.2) is 0 Å². The molecular formula is C9H14N6. The van der Waals surface area contributed by atoms with E-state index in [4.69, 9.17) is 5.73 Å². The molecule has 3 N–H and O–H groups in total. The van der Waals surface area contributed by atoms with Crippen LogP contribution in [0.3, 0.4) is 0 Å². The fourth-order valence-corrected chi connectivity index (χ4v) is 1.57. The van der Waals surface area contributed by atoms with E-state index < -0.39 is 0 Å². The first-order valence-corrected chi connectivity index (χ1v) is 4.90. The topological polar surface area (TPSA) is 83.7 Å². The first-order valence-electron chi connectivity index (χ1n) is 4.90. The van der Waals surface area contributed by atoms with Gasteiger partial charge in [-0.15, -0.1) is 0 Å². The number of fused-ring (bicyclic) bond motifs is 1. The van der Waals surface area contributed by atoms with Crippen molar-refractivity contribution in [3.8, 4) is 0 Å². The molecule has 0 atom stereocenters. The third-order valence-electron chi connectivity index (χ3n) is 2.23. The number of nitrogens with two attached hydrogens (primary N) is 1. The quantitative estimate of drug-likeness (QED) is 0.775. The average Bonchev–Trinajstić information content (AvgIpc) is 2.64. The number of nitrogen functional groups attached to an aromatic ring is 1. The highest BCUT2D eigenvalue weighted by Gasteiger charge is 2.10. The zero-order valence-electron chi connectivity index (χ0n) is 8.86. The molecule has 0 aliphatic heterocycles. The van der Waals surface area contributed by atoms with Crippen LogP contribution in [0, 0.1) is 0 Å². The monoisotopic (exact) mass is 206 g/mol. The van der Waals surface area contributed by atoms with Crippen molar-refractivity contribution in [3.63, 3.8) is 0 Å². The van der Waals surface area contributed by atoms with Crippen LogP contribution < -0.4 is 10.6 Å². The normalized spacial score (nSPS) is 10.8. The molecule has 0 spiro atoms. The summed E-state index contributed by atoms with van der Waals surface area (Å²) in [5.74, 6) is 1.10. The fourth-order valence-electron chi connectivity index (χ4n) is 1.57. The molecule has 0 radical (unpaired) electrons. The zero-order valence-corrected chi connectivity index (χ0v) is 8.86. The summed E-state index contributed by atoms with van der Waals surface area (Å²) in [4.78, 5) is 10.3. The summed E-state index contributed by atoms with van der Waals surface area (Å²) in [6, 6.07) is 0. The maximum atomic E-state index is 5.62. The number of nitrogens with one attached hydrogen (secondary N) is 1. The summed E-state index contributed by atoms with van der Waals surface area (Å²) in [5, 5.41) is 7.63. The smallest absolute Gasteiger partial charge is 0.224 e. The van der Waals surface area contributed by atoms with Gasteiger partial charge in [0, 0.05) is 13.6 Å². The van der Waals surface area contributed by atoms with Crippen LogP contribution in [0.1, 0.15) is 13.3 Å². The van der Waals surface area contributed by atoms with E-state index in [9.17, 15) is 0 Å². The molecule has 0 saturated heterocycles. The number of nitrogens with zero attached hydrogens (tertiary/aromatic N) is 4. The molecule has 0 unspecified atom stereocenters. The molecule has 2 aromatic rings. The van der Waals surface area contributed by atoms with Crippen LogP contribution in [0.25, 0.3) is 11.0 Å². The first-order chi connectivity index (χ1) is 7.22. The van der Waals surface area contributed by atoms with Gasteiger partial charge in [0.15, 0.2) is 5.65 Å². The first kappa shape index (κ1) is 9.70. The van der Waals surface area contributed by atoms with E-state index in [1.54, 1.807) is 6.20 Å². The van der Waals surface area contributed by atoms with Crippen LogP contribution in [-0.4, -0.2) is 33.8 Å². The summed E-state index contributed by atoms with van der Waals surface area (Å²) < 4.78 is 0. The van der Waals surface area contributed by atoms with E-state index in [-0.39, 0.29) is 5.95 Å². The predicted octanol–water partition coefficient (Wildman–Crippen LogP) is 0.781. The molecule has 15 heavy (non-hydrogen) atoms. The molecule has 2 rings (SSSR count). The predicted molar refractivity (Wildman–Crippen MR) is 59.7 cm³/mol. The summed E-state index contributed by atoms with van der Waals surface area (Å²) in [5.41, 5.74) is 6.30. The number of anilines is 2. The Labute approximate surface area is 87.5 Å². The molecule has 0 bridgehead atoms. The summed E-state index contributed by atoms with van der Waals surface area (Å²) in [6.45, 7) is 3.05. The molecule has 2 heterocycles. The minimum absolute atomic E-state index is 0.268. The molecule has 0 aliphatic rings. The van der Waals surface area contributed by atoms with Gasteiger partial charge in [-0.3, -0.25) is 5.10 Å². The minimum atomic E-state index is 0.268. The number of hydrogen-bond donors (Lipinski definition) is 2. The molecule has 2 aromatic heterocycles. The van der Waals surface area contributed by atoms with Gasteiger partial charge in [-0.1, -0.05) is 6.92 Å². The lowest BCUT2D eigenvalue weighted by molar-refractivity contribution is 0.841. The molecule has 6 nitrogen and oxygen atoms in total. The lowest BCUT2D eigenvalue weighted by Gasteiger charge is -2.17. The average molecular weight is 206 g/mol. The maximum absolute atomic E-state index is 5.62. The SMILES string of the molecule is CCCN(C)c1nc(N)nc2[nH]ncc12. The van der Waals surface area contributed by atoms with Crippen molar-refractivity contribution < 1.29 is 0 Å². The standard InChI is InChI=1S/C9H14N6/c1-3-4-15(2)8-6-5-11-14-7(6)12-9(10)13-8/h5H,3-4H2,1-2H3,(H3,10,11,12,13,14). The molecule has 0 aliphatic carbocycles. The minimum Gasteiger partial charge on any atom is -0.368 e. The number of H-pyrrole nitrogens is 1. The molecule has 6 heteroatoms. The van der Waals surface area contributed by atoms with Crippen molar-refractivity contribution in [2.24, 2.45) is 0 Å². The van der Waals surface area contributed by atoms with Gasteiger partial charge in [-0.2, -0.15) is 15.1 Å². The highest BCUT2D eigenvalue weighted by Crippen LogP contribution is 2.21. The van der Waals surface area contributed by atoms with Crippen LogP contribution in [0.15, 0.2) is 6.20 Å². The van der Waals surface area contributed by atoms with Gasteiger partial charge >= 0.3 is 0 Å². The third kappa shape index (κ3) is 1.70. The van der Waals surface area contributed by atoms with E-state index in [0.717, 1.165) is 24.2 Å². The fraction of sp³-hybridized carbons (Fsp3) is 0.444. The van der Waals surface area contributed by atoms with E-state index in [1.165, 1.54) is 0 Å². The molecule has 0 aromatic carbocycles. The summed E-state index contributed by atoms with van der Waals surface area (Å²) >= 11 is 0. The number of aromatic nitrogens is 4. The van der Waals surface area contributed by atoms with Gasteiger partial charge in [0.1, 0.15) is 5.82 Å². The second-order valence-electron chi connectivity index (χ2n) is 3.46. The van der Waals surface area contributed by atoms with Gasteiger partial charge in [0.2, 0.25) is 5.95 Å². The Morgan fingerprint density at radius 3 is 3.00 bits per heavy atom. The second-order valence-corrected chi connectivity index (χ2v) is 3.46. The lowest BCUT2D eigenvalue weighted by atomic mass is 10.3. The van der Waals surface area contributed by atoms with Crippen LogP contribution in [-0.2, 0) is 0 Å². The Hall–Kier alpha value is -1.85. The molecule has 0 saturated carbocycles. The van der Waals surface area contributed by atoms with Crippen molar-refractivity contribution >= 4 is 22.8 Å². The molecule has 0 fully saturated rings. The second kappa shape index (κ2) is 3.72.